The average molecular weight is 511 g/mol. The van der Waals surface area contributed by atoms with Crippen LogP contribution in [0.2, 0.25) is 10.0 Å². The van der Waals surface area contributed by atoms with Crippen LogP contribution in [0.25, 0.3) is 0 Å². The largest absolute Gasteiger partial charge is 0.478 e. The van der Waals surface area contributed by atoms with Crippen LogP contribution < -0.4 is 5.56 Å². The molecule has 1 aliphatic rings. The fourth-order valence-corrected chi connectivity index (χ4v) is 3.77. The second-order valence-corrected chi connectivity index (χ2v) is 8.09. The molecule has 1 N–H and O–H groups in total. The summed E-state index contributed by atoms with van der Waals surface area (Å²) in [5.41, 5.74) is 1.37. The van der Waals surface area contributed by atoms with Crippen LogP contribution in [-0.4, -0.2) is 52.3 Å². The van der Waals surface area contributed by atoms with Crippen molar-refractivity contribution < 1.29 is 32.3 Å². The number of carbonyl (C=O) groups is 2. The molecule has 2 heterocycles. The highest BCUT2D eigenvalue weighted by Crippen LogP contribution is 2.23. The van der Waals surface area contributed by atoms with E-state index in [-0.39, 0.29) is 16.1 Å². The van der Waals surface area contributed by atoms with E-state index in [1.165, 1.54) is 22.8 Å². The SMILES string of the molecule is O=C(O)c1ccc(CCn2c(CN3CC[C@H](F)C3)c(Cl)cc(Cl)c2=O)cc1.O=CC(F)(F)F. The Labute approximate surface area is 196 Å². The molecule has 3 rings (SSSR count). The summed E-state index contributed by atoms with van der Waals surface area (Å²) in [7, 11) is 0. The number of aromatic nitrogens is 1. The van der Waals surface area contributed by atoms with Crippen LogP contribution in [0.1, 0.15) is 28.0 Å². The third-order valence-corrected chi connectivity index (χ3v) is 5.45. The topological polar surface area (TPSA) is 79.6 Å². The molecule has 1 aliphatic heterocycles. The van der Waals surface area contributed by atoms with Crippen LogP contribution in [0.5, 0.6) is 0 Å². The van der Waals surface area contributed by atoms with Crippen LogP contribution >= 0.6 is 23.2 Å². The Morgan fingerprint density at radius 1 is 1.18 bits per heavy atom. The first-order valence-electron chi connectivity index (χ1n) is 9.70. The van der Waals surface area contributed by atoms with Crippen molar-refractivity contribution in [1.82, 2.24) is 9.47 Å². The Balaban J connectivity index is 0.000000569. The predicted molar refractivity (Wildman–Crippen MR) is 115 cm³/mol. The maximum absolute atomic E-state index is 13.5. The number of nitrogens with zero attached hydrogens (tertiary/aromatic N) is 2. The maximum atomic E-state index is 13.5. The van der Waals surface area contributed by atoms with Gasteiger partial charge in [-0.25, -0.2) is 9.18 Å². The van der Waals surface area contributed by atoms with E-state index in [1.54, 1.807) is 12.1 Å². The molecule has 1 fully saturated rings. The number of aldehydes is 1. The lowest BCUT2D eigenvalue weighted by Crippen LogP contribution is -2.30. The number of halogens is 6. The third kappa shape index (κ3) is 8.13. The van der Waals surface area contributed by atoms with Crippen molar-refractivity contribution >= 4 is 35.5 Å². The van der Waals surface area contributed by atoms with Crippen LogP contribution in [0, 0.1) is 0 Å². The summed E-state index contributed by atoms with van der Waals surface area (Å²) in [5.74, 6) is -0.988. The van der Waals surface area contributed by atoms with E-state index in [9.17, 15) is 27.2 Å². The number of aryl methyl sites for hydroxylation is 1. The maximum Gasteiger partial charge on any atom is 0.446 e. The first kappa shape index (κ1) is 26.8. The number of hydrogen-bond acceptors (Lipinski definition) is 4. The van der Waals surface area contributed by atoms with Gasteiger partial charge in [0.1, 0.15) is 11.2 Å². The zero-order chi connectivity index (χ0) is 24.8. The summed E-state index contributed by atoms with van der Waals surface area (Å²) in [6.07, 6.45) is -5.57. The highest BCUT2D eigenvalue weighted by atomic mass is 35.5. The van der Waals surface area contributed by atoms with Gasteiger partial charge in [-0.1, -0.05) is 35.3 Å². The van der Waals surface area contributed by atoms with Gasteiger partial charge in [-0.15, -0.1) is 0 Å². The predicted octanol–water partition coefficient (Wildman–Crippen LogP) is 4.39. The van der Waals surface area contributed by atoms with Crippen molar-refractivity contribution in [1.29, 1.82) is 0 Å². The van der Waals surface area contributed by atoms with E-state index in [4.69, 9.17) is 33.1 Å². The molecule has 180 valence electrons. The molecule has 1 aromatic heterocycles. The highest BCUT2D eigenvalue weighted by Gasteiger charge is 2.25. The normalized spacial score (nSPS) is 16.2. The number of aromatic carboxylic acids is 1. The monoisotopic (exact) mass is 510 g/mol. The molecule has 1 atom stereocenters. The summed E-state index contributed by atoms with van der Waals surface area (Å²) < 4.78 is 46.3. The van der Waals surface area contributed by atoms with E-state index in [1.807, 2.05) is 4.90 Å². The van der Waals surface area contributed by atoms with Gasteiger partial charge in [0.2, 0.25) is 6.29 Å². The molecule has 12 heteroatoms. The minimum atomic E-state index is -4.64. The average Bonchev–Trinajstić information content (AvgIpc) is 3.16. The minimum absolute atomic E-state index is 0.0368. The third-order valence-electron chi connectivity index (χ3n) is 4.85. The van der Waals surface area contributed by atoms with E-state index in [2.05, 4.69) is 0 Å². The number of pyridine rings is 1. The number of carboxylic acid groups (broad SMARTS) is 1. The van der Waals surface area contributed by atoms with Crippen LogP contribution in [0.15, 0.2) is 35.1 Å². The van der Waals surface area contributed by atoms with E-state index in [0.29, 0.717) is 49.7 Å². The van der Waals surface area contributed by atoms with Gasteiger partial charge in [0.25, 0.3) is 5.56 Å². The first-order valence-corrected chi connectivity index (χ1v) is 10.5. The quantitative estimate of drug-likeness (QED) is 0.460. The molecule has 2 aromatic rings. The summed E-state index contributed by atoms with van der Waals surface area (Å²) in [4.78, 5) is 34.1. The van der Waals surface area contributed by atoms with Crippen molar-refractivity contribution in [3.8, 4) is 0 Å². The number of rotatable bonds is 6. The Morgan fingerprint density at radius 2 is 1.79 bits per heavy atom. The molecule has 33 heavy (non-hydrogen) atoms. The van der Waals surface area contributed by atoms with E-state index in [0.717, 1.165) is 5.56 Å². The highest BCUT2D eigenvalue weighted by molar-refractivity contribution is 6.34. The van der Waals surface area contributed by atoms with Crippen LogP contribution in [-0.2, 0) is 24.3 Å². The lowest BCUT2D eigenvalue weighted by atomic mass is 10.1. The number of carboxylic acids is 1. The lowest BCUT2D eigenvalue weighted by molar-refractivity contribution is -0.156. The second-order valence-electron chi connectivity index (χ2n) is 7.28. The van der Waals surface area contributed by atoms with Crippen molar-refractivity contribution in [3.63, 3.8) is 0 Å². The van der Waals surface area contributed by atoms with Crippen molar-refractivity contribution in [2.45, 2.75) is 38.3 Å². The van der Waals surface area contributed by atoms with Gasteiger partial charge in [-0.2, -0.15) is 13.2 Å². The molecule has 6 nitrogen and oxygen atoms in total. The summed E-state index contributed by atoms with van der Waals surface area (Å²) in [6.45, 7) is 1.66. The molecular weight excluding hydrogens is 491 g/mol. The molecule has 0 spiro atoms. The summed E-state index contributed by atoms with van der Waals surface area (Å²) >= 11 is 12.3. The second kappa shape index (κ2) is 11.6. The zero-order valence-corrected chi connectivity index (χ0v) is 18.6. The molecule has 1 saturated heterocycles. The summed E-state index contributed by atoms with van der Waals surface area (Å²) in [5, 5.41) is 9.38. The number of benzene rings is 1. The molecule has 0 saturated carbocycles. The number of alkyl halides is 4. The number of likely N-dealkylation sites (tertiary alicyclic amines) is 1. The smallest absolute Gasteiger partial charge is 0.446 e. The van der Waals surface area contributed by atoms with Gasteiger partial charge < -0.3 is 9.67 Å². The molecule has 0 amide bonds. The van der Waals surface area contributed by atoms with Crippen molar-refractivity contribution in [2.75, 3.05) is 13.1 Å². The Hall–Kier alpha value is -2.43. The van der Waals surface area contributed by atoms with Gasteiger partial charge in [-0.05, 0) is 36.6 Å². The first-order chi connectivity index (χ1) is 15.4. The van der Waals surface area contributed by atoms with Gasteiger partial charge in [0, 0.05) is 26.2 Å². The Morgan fingerprint density at radius 3 is 2.27 bits per heavy atom. The van der Waals surface area contributed by atoms with Crippen LogP contribution in [0.4, 0.5) is 17.6 Å². The van der Waals surface area contributed by atoms with Crippen LogP contribution in [0.3, 0.4) is 0 Å². The lowest BCUT2D eigenvalue weighted by Gasteiger charge is -2.20. The Kier molecular flexibility index (Phi) is 9.45. The fraction of sp³-hybridized carbons (Fsp3) is 0.381. The van der Waals surface area contributed by atoms with Gasteiger partial charge >= 0.3 is 12.1 Å². The number of carbonyl (C=O) groups excluding carboxylic acids is 1. The van der Waals surface area contributed by atoms with Gasteiger partial charge in [0.05, 0.1) is 16.3 Å². The number of hydrogen-bond donors (Lipinski definition) is 1. The van der Waals surface area contributed by atoms with Crippen molar-refractivity contribution in [3.05, 3.63) is 67.6 Å². The minimum Gasteiger partial charge on any atom is -0.478 e. The van der Waals surface area contributed by atoms with E-state index < -0.39 is 24.6 Å². The van der Waals surface area contributed by atoms with E-state index >= 15 is 0 Å². The fourth-order valence-electron chi connectivity index (χ4n) is 3.23. The standard InChI is InChI=1S/C19H19Cl2FN2O3.C2HF3O/c20-15-9-16(21)18(25)24(17(15)11-23-7-6-14(22)10-23)8-5-12-1-3-13(4-2-12)19(26)27;3-2(4,5)1-6/h1-4,9,14H,5-8,10-11H2,(H,26,27);1H/t14-;/m0./s1. The molecule has 0 radical (unpaired) electrons. The van der Waals surface area contributed by atoms with Crippen molar-refractivity contribution in [2.24, 2.45) is 0 Å². The zero-order valence-electron chi connectivity index (χ0n) is 17.1. The van der Waals surface area contributed by atoms with Gasteiger partial charge in [0.15, 0.2) is 0 Å². The molecule has 0 unspecified atom stereocenters. The molecule has 0 bridgehead atoms. The Bertz CT molecular complexity index is 1040. The molecular formula is C21H20Cl2F4N2O4. The van der Waals surface area contributed by atoms with Gasteiger partial charge in [-0.3, -0.25) is 14.5 Å². The molecule has 1 aromatic carbocycles. The summed E-state index contributed by atoms with van der Waals surface area (Å²) in [6, 6.07) is 7.92. The molecule has 0 aliphatic carbocycles.